The van der Waals surface area contributed by atoms with Crippen molar-refractivity contribution < 1.29 is 9.47 Å². The summed E-state index contributed by atoms with van der Waals surface area (Å²) in [5.74, 6) is 1.87. The van der Waals surface area contributed by atoms with Crippen LogP contribution in [0.25, 0.3) is 0 Å². The molecule has 20 heavy (non-hydrogen) atoms. The fourth-order valence-electron chi connectivity index (χ4n) is 2.33. The Bertz CT molecular complexity index is 628. The highest BCUT2D eigenvalue weighted by Crippen LogP contribution is 2.29. The highest BCUT2D eigenvalue weighted by Gasteiger charge is 2.11. The molecule has 0 fully saturated rings. The third-order valence-electron chi connectivity index (χ3n) is 3.40. The average Bonchev–Trinajstić information content (AvgIpc) is 2.92. The molecule has 0 unspecified atom stereocenters. The van der Waals surface area contributed by atoms with Gasteiger partial charge in [-0.2, -0.15) is 0 Å². The van der Waals surface area contributed by atoms with Crippen LogP contribution in [0.2, 0.25) is 0 Å². The number of halogens is 1. The van der Waals surface area contributed by atoms with Gasteiger partial charge >= 0.3 is 0 Å². The molecule has 0 radical (unpaired) electrons. The van der Waals surface area contributed by atoms with E-state index >= 15 is 0 Å². The van der Waals surface area contributed by atoms with Gasteiger partial charge in [0, 0.05) is 18.7 Å². The van der Waals surface area contributed by atoms with Crippen molar-refractivity contribution in [3.8, 4) is 11.5 Å². The van der Waals surface area contributed by atoms with Crippen molar-refractivity contribution in [3.05, 3.63) is 52.0 Å². The number of nitrogens with one attached hydrogen (secondary N) is 1. The van der Waals surface area contributed by atoms with Gasteiger partial charge in [-0.25, -0.2) is 0 Å². The summed E-state index contributed by atoms with van der Waals surface area (Å²) in [4.78, 5) is 0. The van der Waals surface area contributed by atoms with Gasteiger partial charge in [0.2, 0.25) is 0 Å². The number of benzene rings is 2. The molecule has 0 saturated carbocycles. The van der Waals surface area contributed by atoms with Crippen molar-refractivity contribution in [2.75, 3.05) is 19.0 Å². The number of ether oxygens (including phenoxy) is 2. The van der Waals surface area contributed by atoms with Crippen LogP contribution in [-0.2, 0) is 13.0 Å². The van der Waals surface area contributed by atoms with Crippen molar-refractivity contribution >= 4 is 21.6 Å². The molecule has 104 valence electrons. The molecule has 0 aliphatic carbocycles. The zero-order valence-electron chi connectivity index (χ0n) is 11.3. The van der Waals surface area contributed by atoms with Gasteiger partial charge in [0.25, 0.3) is 0 Å². The lowest BCUT2D eigenvalue weighted by molar-refractivity contribution is 0.357. The van der Waals surface area contributed by atoms with Crippen LogP contribution in [0.3, 0.4) is 0 Å². The minimum absolute atomic E-state index is 0.798. The van der Waals surface area contributed by atoms with Gasteiger partial charge in [-0.3, -0.25) is 0 Å². The van der Waals surface area contributed by atoms with Crippen molar-refractivity contribution in [2.45, 2.75) is 13.0 Å². The van der Waals surface area contributed by atoms with Crippen LogP contribution in [-0.4, -0.2) is 13.7 Å². The molecule has 0 atom stereocenters. The normalized spacial score (nSPS) is 12.7. The molecule has 0 bridgehead atoms. The van der Waals surface area contributed by atoms with E-state index in [4.69, 9.17) is 9.47 Å². The van der Waals surface area contributed by atoms with E-state index < -0.39 is 0 Å². The molecule has 1 aliphatic rings. The summed E-state index contributed by atoms with van der Waals surface area (Å²) in [6.07, 6.45) is 1.01. The van der Waals surface area contributed by atoms with E-state index in [1.165, 1.54) is 11.1 Å². The Morgan fingerprint density at radius 3 is 2.95 bits per heavy atom. The Morgan fingerprint density at radius 2 is 2.15 bits per heavy atom. The van der Waals surface area contributed by atoms with Crippen LogP contribution < -0.4 is 14.8 Å². The molecule has 0 amide bonds. The summed E-state index contributed by atoms with van der Waals surface area (Å²) in [5.41, 5.74) is 3.64. The predicted molar refractivity (Wildman–Crippen MR) is 83.7 cm³/mol. The zero-order valence-corrected chi connectivity index (χ0v) is 12.9. The Hall–Kier alpha value is -1.68. The second-order valence-electron chi connectivity index (χ2n) is 4.74. The van der Waals surface area contributed by atoms with Crippen molar-refractivity contribution in [2.24, 2.45) is 0 Å². The van der Waals surface area contributed by atoms with Gasteiger partial charge in [0.15, 0.2) is 0 Å². The fraction of sp³-hybridized carbons (Fsp3) is 0.250. The van der Waals surface area contributed by atoms with Gasteiger partial charge in [0.05, 0.1) is 18.2 Å². The number of fused-ring (bicyclic) bond motifs is 1. The number of rotatable bonds is 4. The first kappa shape index (κ1) is 13.3. The monoisotopic (exact) mass is 333 g/mol. The first-order chi connectivity index (χ1) is 9.76. The van der Waals surface area contributed by atoms with E-state index in [0.717, 1.165) is 41.2 Å². The number of methoxy groups -OCH3 is 1. The number of hydrogen-bond donors (Lipinski definition) is 1. The van der Waals surface area contributed by atoms with E-state index in [9.17, 15) is 0 Å². The standard InChI is InChI=1S/C16H16BrNO2/c1-19-16-5-3-13(9-14(16)17)18-10-11-2-4-15-12(8-11)6-7-20-15/h2-5,8-9,18H,6-7,10H2,1H3. The van der Waals surface area contributed by atoms with E-state index in [1.807, 2.05) is 18.2 Å². The molecular weight excluding hydrogens is 318 g/mol. The molecule has 1 N–H and O–H groups in total. The lowest BCUT2D eigenvalue weighted by Crippen LogP contribution is -2.00. The van der Waals surface area contributed by atoms with Crippen molar-refractivity contribution in [1.29, 1.82) is 0 Å². The minimum Gasteiger partial charge on any atom is -0.496 e. The van der Waals surface area contributed by atoms with Crippen LogP contribution in [0.1, 0.15) is 11.1 Å². The van der Waals surface area contributed by atoms with Crippen LogP contribution in [0.15, 0.2) is 40.9 Å². The number of hydrogen-bond acceptors (Lipinski definition) is 3. The molecule has 3 rings (SSSR count). The van der Waals surface area contributed by atoms with Gasteiger partial charge in [0.1, 0.15) is 11.5 Å². The average molecular weight is 334 g/mol. The summed E-state index contributed by atoms with van der Waals surface area (Å²) >= 11 is 3.49. The fourth-order valence-corrected chi connectivity index (χ4v) is 2.87. The van der Waals surface area contributed by atoms with Crippen molar-refractivity contribution in [1.82, 2.24) is 0 Å². The maximum atomic E-state index is 5.52. The second kappa shape index (κ2) is 5.75. The summed E-state index contributed by atoms with van der Waals surface area (Å²) in [7, 11) is 1.67. The molecule has 1 aliphatic heterocycles. The predicted octanol–water partition coefficient (Wildman–Crippen LogP) is 4.00. The smallest absolute Gasteiger partial charge is 0.133 e. The van der Waals surface area contributed by atoms with Crippen LogP contribution in [0.4, 0.5) is 5.69 Å². The SMILES string of the molecule is COc1ccc(NCc2ccc3c(c2)CCO3)cc1Br. The lowest BCUT2D eigenvalue weighted by atomic mass is 10.1. The van der Waals surface area contributed by atoms with Gasteiger partial charge in [-0.05, 0) is 51.3 Å². The zero-order chi connectivity index (χ0) is 13.9. The quantitative estimate of drug-likeness (QED) is 0.917. The number of anilines is 1. The first-order valence-corrected chi connectivity index (χ1v) is 7.37. The lowest BCUT2D eigenvalue weighted by Gasteiger charge is -2.10. The second-order valence-corrected chi connectivity index (χ2v) is 5.60. The Morgan fingerprint density at radius 1 is 1.25 bits per heavy atom. The largest absolute Gasteiger partial charge is 0.496 e. The van der Waals surface area contributed by atoms with Crippen LogP contribution in [0, 0.1) is 0 Å². The van der Waals surface area contributed by atoms with Gasteiger partial charge in [-0.1, -0.05) is 12.1 Å². The topological polar surface area (TPSA) is 30.5 Å². The minimum atomic E-state index is 0.798. The van der Waals surface area contributed by atoms with Gasteiger partial charge in [-0.15, -0.1) is 0 Å². The molecule has 0 saturated heterocycles. The molecule has 2 aromatic carbocycles. The first-order valence-electron chi connectivity index (χ1n) is 6.58. The maximum Gasteiger partial charge on any atom is 0.133 e. The maximum absolute atomic E-state index is 5.52. The molecule has 0 spiro atoms. The summed E-state index contributed by atoms with van der Waals surface area (Å²) in [6.45, 7) is 1.60. The Kier molecular flexibility index (Phi) is 3.83. The van der Waals surface area contributed by atoms with E-state index in [0.29, 0.717) is 0 Å². The van der Waals surface area contributed by atoms with E-state index in [2.05, 4.69) is 39.4 Å². The van der Waals surface area contributed by atoms with Crippen LogP contribution in [0.5, 0.6) is 11.5 Å². The Labute approximate surface area is 127 Å². The van der Waals surface area contributed by atoms with Gasteiger partial charge < -0.3 is 14.8 Å². The van der Waals surface area contributed by atoms with Crippen LogP contribution >= 0.6 is 15.9 Å². The molecule has 4 heteroatoms. The highest BCUT2D eigenvalue weighted by atomic mass is 79.9. The summed E-state index contributed by atoms with van der Waals surface area (Å²) < 4.78 is 11.7. The molecule has 3 nitrogen and oxygen atoms in total. The third-order valence-corrected chi connectivity index (χ3v) is 4.02. The summed E-state index contributed by atoms with van der Waals surface area (Å²) in [6, 6.07) is 12.4. The van der Waals surface area contributed by atoms with E-state index in [-0.39, 0.29) is 0 Å². The molecule has 2 aromatic rings. The third kappa shape index (κ3) is 2.75. The molecular formula is C16H16BrNO2. The summed E-state index contributed by atoms with van der Waals surface area (Å²) in [5, 5.41) is 3.42. The van der Waals surface area contributed by atoms with Crippen molar-refractivity contribution in [3.63, 3.8) is 0 Å². The molecule has 0 aromatic heterocycles. The Balaban J connectivity index is 1.69. The highest BCUT2D eigenvalue weighted by molar-refractivity contribution is 9.10. The van der Waals surface area contributed by atoms with E-state index in [1.54, 1.807) is 7.11 Å². The molecule has 1 heterocycles.